The van der Waals surface area contributed by atoms with E-state index in [1.807, 2.05) is 0 Å². The van der Waals surface area contributed by atoms with E-state index in [-0.39, 0.29) is 59.0 Å². The van der Waals surface area contributed by atoms with E-state index in [2.05, 4.69) is 27.7 Å². The maximum absolute atomic E-state index is 12.5. The maximum Gasteiger partial charge on any atom is 0.302 e. The van der Waals surface area contributed by atoms with Gasteiger partial charge in [-0.05, 0) is 86.4 Å². The number of aliphatic hydroxyl groups is 1. The second-order valence-electron chi connectivity index (χ2n) is 14.5. The third kappa shape index (κ3) is 3.84. The highest BCUT2D eigenvalue weighted by atomic mass is 16.7. The second kappa shape index (κ2) is 9.17. The molecule has 6 fully saturated rings. The molecular formula is C31H48O7. The first kappa shape index (κ1) is 27.0. The molecule has 7 nitrogen and oxygen atoms in total. The van der Waals surface area contributed by atoms with Gasteiger partial charge >= 0.3 is 11.9 Å². The average molecular weight is 533 g/mol. The number of esters is 2. The van der Waals surface area contributed by atoms with Crippen LogP contribution in [0.4, 0.5) is 0 Å². The van der Waals surface area contributed by atoms with Crippen molar-refractivity contribution in [3.63, 3.8) is 0 Å². The van der Waals surface area contributed by atoms with E-state index in [0.29, 0.717) is 36.2 Å². The molecule has 0 spiro atoms. The van der Waals surface area contributed by atoms with Crippen LogP contribution in [0.3, 0.4) is 0 Å². The van der Waals surface area contributed by atoms with Crippen LogP contribution in [0.2, 0.25) is 0 Å². The standard InChI is InChI=1S/C31H48O7/c1-16-11-27(35-15-16)31(34)17(2)28-25(38-31)13-24-22-8-7-20-12-21(36-18(3)32)9-10-29(20,5)23(22)14-26(30(24,28)6)37-19(4)33/h16-17,20-28,34H,7-15H2,1-6H3/t16-,17+,20+,21+,22-,23+,24+,25+,26-,27-,28+,29+,30-,31+/m1/s1. The van der Waals surface area contributed by atoms with Crippen molar-refractivity contribution in [2.24, 2.45) is 52.3 Å². The summed E-state index contributed by atoms with van der Waals surface area (Å²) in [5, 5.41) is 11.9. The monoisotopic (exact) mass is 532 g/mol. The van der Waals surface area contributed by atoms with E-state index < -0.39 is 5.79 Å². The van der Waals surface area contributed by atoms with Gasteiger partial charge in [-0.3, -0.25) is 9.59 Å². The SMILES string of the molecule is CC(=O)O[C@H]1CC[C@@]2(C)[C@@H](CC[C@@H]3[C@@H]2C[C@@H](OC(C)=O)[C@]2(C)[C@@H]4[C@H](C[C@@H]32)O[C@](O)([C@H]2C[C@@H](C)CO2)[C@H]4C)C1. The lowest BCUT2D eigenvalue weighted by atomic mass is 9.43. The van der Waals surface area contributed by atoms with Gasteiger partial charge in [-0.1, -0.05) is 27.7 Å². The lowest BCUT2D eigenvalue weighted by molar-refractivity contribution is -0.269. The third-order valence-electron chi connectivity index (χ3n) is 12.6. The topological polar surface area (TPSA) is 91.3 Å². The quantitative estimate of drug-likeness (QED) is 0.518. The van der Waals surface area contributed by atoms with Crippen LogP contribution in [0.25, 0.3) is 0 Å². The second-order valence-corrected chi connectivity index (χ2v) is 14.5. The van der Waals surface area contributed by atoms with Gasteiger partial charge < -0.3 is 24.1 Å². The van der Waals surface area contributed by atoms with Crippen LogP contribution in [0.1, 0.15) is 92.9 Å². The molecule has 2 saturated heterocycles. The minimum Gasteiger partial charge on any atom is -0.463 e. The number of hydrogen-bond donors (Lipinski definition) is 1. The minimum absolute atomic E-state index is 0.0264. The highest BCUT2D eigenvalue weighted by Gasteiger charge is 2.73. The van der Waals surface area contributed by atoms with Crippen molar-refractivity contribution in [3.05, 3.63) is 0 Å². The van der Waals surface area contributed by atoms with E-state index in [1.165, 1.54) is 13.8 Å². The fourth-order valence-corrected chi connectivity index (χ4v) is 10.9. The van der Waals surface area contributed by atoms with E-state index in [4.69, 9.17) is 18.9 Å². The van der Waals surface area contributed by atoms with Gasteiger partial charge in [-0.15, -0.1) is 0 Å². The van der Waals surface area contributed by atoms with Crippen LogP contribution in [-0.4, -0.2) is 53.9 Å². The van der Waals surface area contributed by atoms with Gasteiger partial charge in [0.15, 0.2) is 5.79 Å². The molecule has 0 radical (unpaired) electrons. The van der Waals surface area contributed by atoms with Crippen molar-refractivity contribution >= 4 is 11.9 Å². The lowest BCUT2D eigenvalue weighted by Crippen LogP contribution is -2.60. The number of hydrogen-bond acceptors (Lipinski definition) is 7. The molecule has 0 aromatic carbocycles. The van der Waals surface area contributed by atoms with Gasteiger partial charge in [-0.2, -0.15) is 0 Å². The molecule has 2 heterocycles. The van der Waals surface area contributed by atoms with Crippen LogP contribution in [0.15, 0.2) is 0 Å². The minimum atomic E-state index is -1.29. The molecule has 38 heavy (non-hydrogen) atoms. The molecule has 0 amide bonds. The summed E-state index contributed by atoms with van der Waals surface area (Å²) in [6.45, 7) is 12.8. The maximum atomic E-state index is 12.5. The van der Waals surface area contributed by atoms with Gasteiger partial charge in [0.25, 0.3) is 0 Å². The molecule has 2 aliphatic heterocycles. The van der Waals surface area contributed by atoms with Gasteiger partial charge in [-0.25, -0.2) is 0 Å². The first-order valence-electron chi connectivity index (χ1n) is 15.2. The number of carbonyl (C=O) groups excluding carboxylic acids is 2. The Balaban J connectivity index is 1.30. The molecule has 214 valence electrons. The van der Waals surface area contributed by atoms with Crippen molar-refractivity contribution < 1.29 is 33.6 Å². The number of fused-ring (bicyclic) bond motifs is 7. The normalized spacial score (nSPS) is 55.4. The van der Waals surface area contributed by atoms with Crippen LogP contribution in [0, 0.1) is 52.3 Å². The van der Waals surface area contributed by atoms with E-state index in [1.54, 1.807) is 0 Å². The van der Waals surface area contributed by atoms with Crippen molar-refractivity contribution in [3.8, 4) is 0 Å². The highest BCUT2D eigenvalue weighted by molar-refractivity contribution is 5.66. The highest BCUT2D eigenvalue weighted by Crippen LogP contribution is 2.71. The number of carbonyl (C=O) groups is 2. The Morgan fingerprint density at radius 1 is 0.921 bits per heavy atom. The van der Waals surface area contributed by atoms with Gasteiger partial charge in [0.05, 0.1) is 6.10 Å². The first-order chi connectivity index (χ1) is 17.9. The summed E-state index contributed by atoms with van der Waals surface area (Å²) in [6, 6.07) is 0. The first-order valence-corrected chi connectivity index (χ1v) is 15.2. The summed E-state index contributed by atoms with van der Waals surface area (Å²) >= 11 is 0. The predicted octanol–water partition coefficient (Wildman–Crippen LogP) is 4.88. The van der Waals surface area contributed by atoms with Crippen molar-refractivity contribution in [1.29, 1.82) is 0 Å². The van der Waals surface area contributed by atoms with Gasteiger partial charge in [0.1, 0.15) is 18.3 Å². The summed E-state index contributed by atoms with van der Waals surface area (Å²) in [6.07, 6.45) is 7.29. The Kier molecular flexibility index (Phi) is 6.52. The zero-order chi connectivity index (χ0) is 27.2. The fraction of sp³-hybridized carbons (Fsp3) is 0.935. The number of rotatable bonds is 3. The third-order valence-corrected chi connectivity index (χ3v) is 12.6. The number of ether oxygens (including phenoxy) is 4. The van der Waals surface area contributed by atoms with Crippen molar-refractivity contribution in [2.45, 2.75) is 123 Å². The Labute approximate surface area is 227 Å². The summed E-state index contributed by atoms with van der Waals surface area (Å²) < 4.78 is 24.6. The Hall–Kier alpha value is -1.18. The molecule has 7 heteroatoms. The summed E-state index contributed by atoms with van der Waals surface area (Å²) in [5.41, 5.74) is -0.0954. The van der Waals surface area contributed by atoms with E-state index in [0.717, 1.165) is 51.4 Å². The Morgan fingerprint density at radius 3 is 2.32 bits per heavy atom. The van der Waals surface area contributed by atoms with Gasteiger partial charge in [0.2, 0.25) is 0 Å². The van der Waals surface area contributed by atoms with Crippen molar-refractivity contribution in [2.75, 3.05) is 6.61 Å². The molecule has 0 unspecified atom stereocenters. The average Bonchev–Trinajstić information content (AvgIpc) is 3.47. The van der Waals surface area contributed by atoms with Crippen LogP contribution in [-0.2, 0) is 28.5 Å². The fourth-order valence-electron chi connectivity index (χ4n) is 10.9. The molecule has 0 aromatic rings. The molecule has 14 atom stereocenters. The lowest BCUT2D eigenvalue weighted by Gasteiger charge is -2.62. The molecule has 4 aliphatic carbocycles. The van der Waals surface area contributed by atoms with E-state index >= 15 is 0 Å². The molecule has 6 aliphatic rings. The molecule has 0 bridgehead atoms. The zero-order valence-corrected chi connectivity index (χ0v) is 24.1. The van der Waals surface area contributed by atoms with Crippen molar-refractivity contribution in [1.82, 2.24) is 0 Å². The molecular weight excluding hydrogens is 484 g/mol. The van der Waals surface area contributed by atoms with Crippen LogP contribution in [0.5, 0.6) is 0 Å². The zero-order valence-electron chi connectivity index (χ0n) is 24.1. The van der Waals surface area contributed by atoms with Gasteiger partial charge in [0, 0.05) is 37.7 Å². The Morgan fingerprint density at radius 2 is 1.66 bits per heavy atom. The van der Waals surface area contributed by atoms with Crippen LogP contribution < -0.4 is 0 Å². The molecule has 4 saturated carbocycles. The smallest absolute Gasteiger partial charge is 0.302 e. The molecule has 0 aromatic heterocycles. The molecule has 1 N–H and O–H groups in total. The Bertz CT molecular complexity index is 968. The largest absolute Gasteiger partial charge is 0.463 e. The molecule has 6 rings (SSSR count). The van der Waals surface area contributed by atoms with Crippen LogP contribution >= 0.6 is 0 Å². The summed E-state index contributed by atoms with van der Waals surface area (Å²) in [4.78, 5) is 24.1. The van der Waals surface area contributed by atoms with E-state index in [9.17, 15) is 14.7 Å². The predicted molar refractivity (Wildman–Crippen MR) is 140 cm³/mol. The summed E-state index contributed by atoms with van der Waals surface area (Å²) in [5.74, 6) is 0.675. The summed E-state index contributed by atoms with van der Waals surface area (Å²) in [7, 11) is 0.